The summed E-state index contributed by atoms with van der Waals surface area (Å²) in [5, 5.41) is 15.2. The topological polar surface area (TPSA) is 44.7 Å². The number of rotatable bonds is 9. The third kappa shape index (κ3) is 6.56. The molecule has 2 rings (SSSR count). The molecule has 0 spiro atoms. The molecule has 1 aliphatic heterocycles. The number of nitrogens with zero attached hydrogens (tertiary/aromatic N) is 1. The van der Waals surface area contributed by atoms with Gasteiger partial charge in [0, 0.05) is 49.1 Å². The Labute approximate surface area is 129 Å². The number of hydrogen-bond acceptors (Lipinski definition) is 6. The van der Waals surface area contributed by atoms with E-state index in [-0.39, 0.29) is 0 Å². The Kier molecular flexibility index (Phi) is 7.94. The lowest BCUT2D eigenvalue weighted by Gasteiger charge is -2.26. The van der Waals surface area contributed by atoms with Gasteiger partial charge in [-0.15, -0.1) is 11.3 Å². The van der Waals surface area contributed by atoms with E-state index in [0.29, 0.717) is 19.8 Å². The van der Waals surface area contributed by atoms with Crippen molar-refractivity contribution in [3.63, 3.8) is 0 Å². The summed E-state index contributed by atoms with van der Waals surface area (Å²) in [5.41, 5.74) is 0. The van der Waals surface area contributed by atoms with E-state index < -0.39 is 6.10 Å². The van der Waals surface area contributed by atoms with Gasteiger partial charge in [-0.2, -0.15) is 11.8 Å². The van der Waals surface area contributed by atoms with Crippen LogP contribution in [-0.4, -0.2) is 66.9 Å². The van der Waals surface area contributed by atoms with Crippen molar-refractivity contribution in [2.45, 2.75) is 12.7 Å². The fourth-order valence-electron chi connectivity index (χ4n) is 2.08. The minimum Gasteiger partial charge on any atom is -0.389 e. The molecule has 0 saturated carbocycles. The number of nitrogens with one attached hydrogen (secondary N) is 1. The van der Waals surface area contributed by atoms with Crippen molar-refractivity contribution in [1.29, 1.82) is 0 Å². The van der Waals surface area contributed by atoms with Crippen LogP contribution in [-0.2, 0) is 11.3 Å². The molecule has 0 radical (unpaired) electrons. The van der Waals surface area contributed by atoms with E-state index in [1.54, 1.807) is 11.3 Å². The summed E-state index contributed by atoms with van der Waals surface area (Å²) in [6.45, 7) is 5.99. The van der Waals surface area contributed by atoms with Crippen molar-refractivity contribution < 1.29 is 9.84 Å². The molecule has 0 aliphatic carbocycles. The van der Waals surface area contributed by atoms with Gasteiger partial charge in [-0.1, -0.05) is 6.07 Å². The molecular formula is C14H24N2O2S2. The van der Waals surface area contributed by atoms with Crippen molar-refractivity contribution in [3.05, 3.63) is 22.4 Å². The van der Waals surface area contributed by atoms with E-state index in [4.69, 9.17) is 4.74 Å². The molecule has 2 heterocycles. The molecule has 1 saturated heterocycles. The second-order valence-electron chi connectivity index (χ2n) is 4.91. The van der Waals surface area contributed by atoms with Crippen LogP contribution in [0.15, 0.2) is 17.5 Å². The first-order chi connectivity index (χ1) is 9.84. The van der Waals surface area contributed by atoms with Crippen LogP contribution in [0.5, 0.6) is 0 Å². The summed E-state index contributed by atoms with van der Waals surface area (Å²) in [6, 6.07) is 4.06. The van der Waals surface area contributed by atoms with Crippen LogP contribution in [0.3, 0.4) is 0 Å². The molecule has 1 aromatic rings. The smallest absolute Gasteiger partial charge is 0.0897 e. The van der Waals surface area contributed by atoms with E-state index in [1.807, 2.05) is 29.3 Å². The van der Waals surface area contributed by atoms with Gasteiger partial charge in [0.15, 0.2) is 0 Å². The summed E-state index contributed by atoms with van der Waals surface area (Å²) in [4.78, 5) is 3.68. The van der Waals surface area contributed by atoms with Gasteiger partial charge in [0.25, 0.3) is 0 Å². The van der Waals surface area contributed by atoms with E-state index >= 15 is 0 Å². The molecule has 2 N–H and O–H groups in total. The number of aliphatic hydroxyl groups excluding tert-OH is 1. The van der Waals surface area contributed by atoms with Crippen LogP contribution in [0.2, 0.25) is 0 Å². The van der Waals surface area contributed by atoms with E-state index in [1.165, 1.54) is 29.5 Å². The first-order valence-electron chi connectivity index (χ1n) is 7.13. The molecule has 114 valence electrons. The molecule has 0 aromatic carbocycles. The Hall–Kier alpha value is -0.110. The summed E-state index contributed by atoms with van der Waals surface area (Å²) in [6.07, 6.45) is -0.424. The van der Waals surface area contributed by atoms with Crippen molar-refractivity contribution >= 4 is 23.1 Å². The van der Waals surface area contributed by atoms with Crippen molar-refractivity contribution in [2.24, 2.45) is 0 Å². The van der Waals surface area contributed by atoms with Gasteiger partial charge < -0.3 is 20.1 Å². The first kappa shape index (κ1) is 16.3. The fraction of sp³-hybridized carbons (Fsp3) is 0.714. The maximum absolute atomic E-state index is 9.81. The van der Waals surface area contributed by atoms with Gasteiger partial charge in [-0.25, -0.2) is 0 Å². The Morgan fingerprint density at radius 2 is 2.25 bits per heavy atom. The molecule has 6 heteroatoms. The first-order valence-corrected chi connectivity index (χ1v) is 9.17. The highest BCUT2D eigenvalue weighted by Crippen LogP contribution is 2.09. The maximum Gasteiger partial charge on any atom is 0.0897 e. The summed E-state index contributed by atoms with van der Waals surface area (Å²) in [7, 11) is 0. The van der Waals surface area contributed by atoms with Crippen LogP contribution in [0.25, 0.3) is 0 Å². The predicted molar refractivity (Wildman–Crippen MR) is 86.6 cm³/mol. The standard InChI is InChI=1S/C14H24N2O2S2/c17-13(11-18-12-14-2-1-7-20-14)10-15-3-4-16-5-8-19-9-6-16/h1-2,7,13,15,17H,3-6,8-12H2. The monoisotopic (exact) mass is 316 g/mol. The average molecular weight is 316 g/mol. The van der Waals surface area contributed by atoms with Crippen molar-refractivity contribution in [3.8, 4) is 0 Å². The highest BCUT2D eigenvalue weighted by atomic mass is 32.2. The molecule has 0 amide bonds. The number of thiophene rings is 1. The fourth-order valence-corrected chi connectivity index (χ4v) is 3.70. The molecule has 1 aliphatic rings. The molecule has 1 unspecified atom stereocenters. The highest BCUT2D eigenvalue weighted by Gasteiger charge is 2.10. The lowest BCUT2D eigenvalue weighted by atomic mass is 10.3. The van der Waals surface area contributed by atoms with Crippen LogP contribution >= 0.6 is 23.1 Å². The Balaban J connectivity index is 1.44. The Morgan fingerprint density at radius 3 is 3.00 bits per heavy atom. The van der Waals surface area contributed by atoms with Crippen molar-refractivity contribution in [1.82, 2.24) is 10.2 Å². The highest BCUT2D eigenvalue weighted by molar-refractivity contribution is 7.99. The van der Waals surface area contributed by atoms with Gasteiger partial charge in [-0.05, 0) is 11.4 Å². The zero-order chi connectivity index (χ0) is 14.0. The number of aliphatic hydroxyl groups is 1. The Bertz CT molecular complexity index is 343. The largest absolute Gasteiger partial charge is 0.389 e. The minimum absolute atomic E-state index is 0.394. The van der Waals surface area contributed by atoms with Crippen LogP contribution in [0.1, 0.15) is 4.88 Å². The normalized spacial score (nSPS) is 18.2. The van der Waals surface area contributed by atoms with E-state index in [0.717, 1.165) is 13.1 Å². The SMILES string of the molecule is OC(CNCCN1CCSCC1)COCc1cccs1. The molecule has 4 nitrogen and oxygen atoms in total. The van der Waals surface area contributed by atoms with Gasteiger partial charge in [-0.3, -0.25) is 0 Å². The van der Waals surface area contributed by atoms with Gasteiger partial charge in [0.1, 0.15) is 0 Å². The molecule has 1 atom stereocenters. The van der Waals surface area contributed by atoms with Gasteiger partial charge >= 0.3 is 0 Å². The van der Waals surface area contributed by atoms with Gasteiger partial charge in [0.2, 0.25) is 0 Å². The Morgan fingerprint density at radius 1 is 1.40 bits per heavy atom. The number of ether oxygens (including phenoxy) is 1. The lowest BCUT2D eigenvalue weighted by Crippen LogP contribution is -2.40. The molecule has 1 aromatic heterocycles. The molecule has 1 fully saturated rings. The summed E-state index contributed by atoms with van der Waals surface area (Å²) in [5.74, 6) is 2.50. The van der Waals surface area contributed by atoms with Crippen LogP contribution < -0.4 is 5.32 Å². The van der Waals surface area contributed by atoms with Crippen LogP contribution in [0.4, 0.5) is 0 Å². The summed E-state index contributed by atoms with van der Waals surface area (Å²) < 4.78 is 5.49. The lowest BCUT2D eigenvalue weighted by molar-refractivity contribution is 0.0297. The second-order valence-corrected chi connectivity index (χ2v) is 7.16. The maximum atomic E-state index is 9.81. The third-order valence-corrected chi connectivity index (χ3v) is 5.02. The zero-order valence-corrected chi connectivity index (χ0v) is 13.4. The van der Waals surface area contributed by atoms with Gasteiger partial charge in [0.05, 0.1) is 19.3 Å². The summed E-state index contributed by atoms with van der Waals surface area (Å²) >= 11 is 3.72. The average Bonchev–Trinajstić information content (AvgIpc) is 2.98. The predicted octanol–water partition coefficient (Wildman–Crippen LogP) is 1.26. The van der Waals surface area contributed by atoms with Crippen LogP contribution in [0, 0.1) is 0 Å². The third-order valence-electron chi connectivity index (χ3n) is 3.22. The number of thioether (sulfide) groups is 1. The van der Waals surface area contributed by atoms with Crippen molar-refractivity contribution in [2.75, 3.05) is 50.8 Å². The van der Waals surface area contributed by atoms with E-state index in [9.17, 15) is 5.11 Å². The minimum atomic E-state index is -0.424. The molecule has 0 bridgehead atoms. The number of hydrogen-bond donors (Lipinski definition) is 2. The molecule has 20 heavy (non-hydrogen) atoms. The quantitative estimate of drug-likeness (QED) is 0.672. The molecular weight excluding hydrogens is 292 g/mol. The zero-order valence-electron chi connectivity index (χ0n) is 11.8. The second kappa shape index (κ2) is 9.76. The van der Waals surface area contributed by atoms with E-state index in [2.05, 4.69) is 10.2 Å².